The quantitative estimate of drug-likeness (QED) is 0.394. The minimum Gasteiger partial charge on any atom is -0.443 e. The zero-order chi connectivity index (χ0) is 19.6. The monoisotopic (exact) mass is 379 g/mol. The van der Waals surface area contributed by atoms with Gasteiger partial charge in [-0.1, -0.05) is 26.6 Å². The fourth-order valence-electron chi connectivity index (χ4n) is 2.48. The van der Waals surface area contributed by atoms with Crippen LogP contribution < -0.4 is 4.90 Å². The van der Waals surface area contributed by atoms with Crippen molar-refractivity contribution >= 4 is 19.9 Å². The molecule has 1 fully saturated rings. The molecule has 146 valence electrons. The minimum atomic E-state index is -1.19. The van der Waals surface area contributed by atoms with E-state index in [0.717, 1.165) is 24.6 Å². The molecule has 1 aliphatic carbocycles. The lowest BCUT2D eigenvalue weighted by atomic mass is 10.0. The third-order valence-electron chi connectivity index (χ3n) is 4.39. The van der Waals surface area contributed by atoms with Gasteiger partial charge in [-0.05, 0) is 39.7 Å². The molecule has 1 saturated carbocycles. The number of amides is 1. The van der Waals surface area contributed by atoms with Gasteiger partial charge in [0.25, 0.3) is 0 Å². The Balaban J connectivity index is 2.20. The molecule has 1 aliphatic rings. The van der Waals surface area contributed by atoms with Crippen LogP contribution in [0.15, 0.2) is 12.5 Å². The topological polar surface area (TPSA) is 64.5 Å². The van der Waals surface area contributed by atoms with Crippen LogP contribution in [-0.4, -0.2) is 43.1 Å². The highest BCUT2D eigenvalue weighted by Crippen LogP contribution is 2.49. The van der Waals surface area contributed by atoms with Gasteiger partial charge in [0.05, 0.1) is 17.6 Å². The van der Waals surface area contributed by atoms with E-state index in [2.05, 4.69) is 36.5 Å². The smallest absolute Gasteiger partial charge is 0.416 e. The second kappa shape index (κ2) is 7.64. The van der Waals surface area contributed by atoms with Crippen molar-refractivity contribution in [2.75, 3.05) is 18.2 Å². The van der Waals surface area contributed by atoms with Gasteiger partial charge >= 0.3 is 6.09 Å². The van der Waals surface area contributed by atoms with Crippen LogP contribution in [-0.2, 0) is 14.9 Å². The van der Waals surface area contributed by atoms with Crippen LogP contribution in [0, 0.1) is 0 Å². The summed E-state index contributed by atoms with van der Waals surface area (Å²) in [6.45, 7) is 15.4. The van der Waals surface area contributed by atoms with E-state index in [1.165, 1.54) is 4.90 Å². The lowest BCUT2D eigenvalue weighted by molar-refractivity contribution is 0.0499. The Morgan fingerprint density at radius 3 is 2.50 bits per heavy atom. The molecule has 26 heavy (non-hydrogen) atoms. The summed E-state index contributed by atoms with van der Waals surface area (Å²) in [5.41, 5.74) is 1.02. The van der Waals surface area contributed by atoms with E-state index in [1.807, 2.05) is 20.8 Å². The van der Waals surface area contributed by atoms with Gasteiger partial charge in [-0.25, -0.2) is 14.8 Å². The average Bonchev–Trinajstić information content (AvgIpc) is 3.23. The van der Waals surface area contributed by atoms with Crippen LogP contribution in [0.2, 0.25) is 25.7 Å². The van der Waals surface area contributed by atoms with E-state index in [0.29, 0.717) is 12.3 Å². The number of ether oxygens (including phenoxy) is 2. The maximum absolute atomic E-state index is 12.8. The molecule has 1 heterocycles. The first-order valence-corrected chi connectivity index (χ1v) is 13.0. The van der Waals surface area contributed by atoms with E-state index in [4.69, 9.17) is 9.47 Å². The van der Waals surface area contributed by atoms with Crippen molar-refractivity contribution in [2.45, 2.75) is 77.2 Å². The van der Waals surface area contributed by atoms with Gasteiger partial charge in [0.15, 0.2) is 0 Å². The van der Waals surface area contributed by atoms with Gasteiger partial charge in [0, 0.05) is 20.1 Å². The molecule has 1 amide bonds. The van der Waals surface area contributed by atoms with Crippen molar-refractivity contribution in [3.05, 3.63) is 18.2 Å². The van der Waals surface area contributed by atoms with Crippen molar-refractivity contribution in [1.82, 2.24) is 9.97 Å². The van der Waals surface area contributed by atoms with Crippen LogP contribution in [0.4, 0.5) is 10.5 Å². The molecule has 2 rings (SSSR count). The Labute approximate surface area is 158 Å². The maximum Gasteiger partial charge on any atom is 0.416 e. The highest BCUT2D eigenvalue weighted by atomic mass is 28.3. The fraction of sp³-hybridized carbons (Fsp3) is 0.737. The van der Waals surface area contributed by atoms with Crippen molar-refractivity contribution < 1.29 is 14.3 Å². The summed E-state index contributed by atoms with van der Waals surface area (Å²) in [7, 11) is -1.19. The van der Waals surface area contributed by atoms with E-state index in [-0.39, 0.29) is 12.1 Å². The Bertz CT molecular complexity index is 634. The van der Waals surface area contributed by atoms with E-state index in [1.54, 1.807) is 12.5 Å². The Morgan fingerprint density at radius 2 is 1.96 bits per heavy atom. The zero-order valence-corrected chi connectivity index (χ0v) is 18.3. The van der Waals surface area contributed by atoms with E-state index < -0.39 is 19.8 Å². The summed E-state index contributed by atoms with van der Waals surface area (Å²) in [5.74, 6) is 0. The average molecular weight is 380 g/mol. The first-order valence-electron chi connectivity index (χ1n) is 9.30. The minimum absolute atomic E-state index is 0.0108. The molecule has 7 heteroatoms. The van der Waals surface area contributed by atoms with Crippen LogP contribution in [0.25, 0.3) is 0 Å². The number of aromatic nitrogens is 2. The highest BCUT2D eigenvalue weighted by Gasteiger charge is 2.44. The summed E-state index contributed by atoms with van der Waals surface area (Å²) >= 11 is 0. The molecular weight excluding hydrogens is 346 g/mol. The molecular formula is C19H33N3O3Si. The molecule has 0 aliphatic heterocycles. The summed E-state index contributed by atoms with van der Waals surface area (Å²) in [4.78, 5) is 23.0. The molecule has 0 unspecified atom stereocenters. The van der Waals surface area contributed by atoms with Gasteiger partial charge < -0.3 is 9.47 Å². The molecule has 0 bridgehead atoms. The normalized spacial score (nSPS) is 16.3. The fourth-order valence-corrected chi connectivity index (χ4v) is 3.24. The number of rotatable bonds is 7. The summed E-state index contributed by atoms with van der Waals surface area (Å²) in [6, 6.07) is 1.05. The summed E-state index contributed by atoms with van der Waals surface area (Å²) < 4.78 is 11.5. The van der Waals surface area contributed by atoms with Crippen molar-refractivity contribution in [3.8, 4) is 0 Å². The Morgan fingerprint density at radius 1 is 1.31 bits per heavy atom. The second-order valence-corrected chi connectivity index (χ2v) is 15.2. The van der Waals surface area contributed by atoms with Crippen LogP contribution in [0.3, 0.4) is 0 Å². The largest absolute Gasteiger partial charge is 0.443 e. The number of hydrogen-bond donors (Lipinski definition) is 0. The van der Waals surface area contributed by atoms with Crippen LogP contribution >= 0.6 is 0 Å². The molecule has 1 aromatic rings. The van der Waals surface area contributed by atoms with Crippen molar-refractivity contribution in [1.29, 1.82) is 0 Å². The first-order chi connectivity index (χ1) is 11.9. The van der Waals surface area contributed by atoms with Gasteiger partial charge in [-0.3, -0.25) is 4.90 Å². The number of carbonyl (C=O) groups is 1. The zero-order valence-electron chi connectivity index (χ0n) is 17.3. The molecule has 0 radical (unpaired) electrons. The van der Waals surface area contributed by atoms with E-state index >= 15 is 0 Å². The SMILES string of the molecule is CC(C)(C)OC(=O)N(COCC[Si](C)(C)C)c1cncnc1C1(C)CC1. The Kier molecular flexibility index (Phi) is 6.12. The first kappa shape index (κ1) is 20.8. The number of carbonyl (C=O) groups excluding carboxylic acids is 1. The van der Waals surface area contributed by atoms with Gasteiger partial charge in [-0.15, -0.1) is 0 Å². The summed E-state index contributed by atoms with van der Waals surface area (Å²) in [6.07, 6.45) is 4.94. The lowest BCUT2D eigenvalue weighted by Gasteiger charge is -2.29. The molecule has 6 nitrogen and oxygen atoms in total. The van der Waals surface area contributed by atoms with Gasteiger partial charge in [0.2, 0.25) is 0 Å². The van der Waals surface area contributed by atoms with E-state index in [9.17, 15) is 4.79 Å². The van der Waals surface area contributed by atoms with Gasteiger partial charge in [-0.2, -0.15) is 0 Å². The molecule has 1 aromatic heterocycles. The van der Waals surface area contributed by atoms with Crippen molar-refractivity contribution in [2.24, 2.45) is 0 Å². The third kappa shape index (κ3) is 6.05. The molecule has 0 aromatic carbocycles. The maximum atomic E-state index is 12.8. The second-order valence-electron chi connectivity index (χ2n) is 9.57. The molecule has 0 spiro atoms. The van der Waals surface area contributed by atoms with Crippen LogP contribution in [0.5, 0.6) is 0 Å². The molecule has 0 saturated heterocycles. The van der Waals surface area contributed by atoms with Crippen molar-refractivity contribution in [3.63, 3.8) is 0 Å². The predicted octanol–water partition coefficient (Wildman–Crippen LogP) is 4.58. The van der Waals surface area contributed by atoms with Crippen LogP contribution in [0.1, 0.15) is 46.2 Å². The number of anilines is 1. The number of hydrogen-bond acceptors (Lipinski definition) is 5. The molecule has 0 N–H and O–H groups in total. The number of nitrogens with zero attached hydrogens (tertiary/aromatic N) is 3. The predicted molar refractivity (Wildman–Crippen MR) is 106 cm³/mol. The highest BCUT2D eigenvalue weighted by molar-refractivity contribution is 6.76. The third-order valence-corrected chi connectivity index (χ3v) is 6.09. The Hall–Kier alpha value is -1.47. The van der Waals surface area contributed by atoms with Gasteiger partial charge in [0.1, 0.15) is 18.7 Å². The summed E-state index contributed by atoms with van der Waals surface area (Å²) in [5, 5.41) is 0. The lowest BCUT2D eigenvalue weighted by Crippen LogP contribution is -2.39. The standard InChI is InChI=1S/C19H33N3O3Si/c1-18(2,3)25-17(23)22(14-24-10-11-26(5,6)7)15-12-20-13-21-16(15)19(4)8-9-19/h12-13H,8-11,14H2,1-7H3. The molecule has 0 atom stereocenters.